The number of aliphatic hydroxyl groups is 1. The summed E-state index contributed by atoms with van der Waals surface area (Å²) in [5, 5.41) is 10.3. The van der Waals surface area contributed by atoms with Gasteiger partial charge in [0.1, 0.15) is 12.2 Å². The molecule has 1 aromatic rings. The second kappa shape index (κ2) is 7.53. The van der Waals surface area contributed by atoms with Crippen LogP contribution in [0.15, 0.2) is 30.3 Å². The maximum Gasteiger partial charge on any atom is 0.184 e. The molecule has 22 heavy (non-hydrogen) atoms. The Morgan fingerprint density at radius 3 is 2.36 bits per heavy atom. The van der Waals surface area contributed by atoms with Gasteiger partial charge in [-0.15, -0.1) is 0 Å². The van der Waals surface area contributed by atoms with Crippen molar-refractivity contribution in [3.63, 3.8) is 0 Å². The molecule has 124 valence electrons. The molecule has 0 radical (unpaired) electrons. The lowest BCUT2D eigenvalue weighted by atomic mass is 9.90. The zero-order chi connectivity index (χ0) is 16.2. The van der Waals surface area contributed by atoms with Crippen LogP contribution in [0.3, 0.4) is 0 Å². The van der Waals surface area contributed by atoms with Gasteiger partial charge in [0.2, 0.25) is 0 Å². The van der Waals surface area contributed by atoms with Crippen molar-refractivity contribution >= 4 is 0 Å². The van der Waals surface area contributed by atoms with Crippen LogP contribution in [-0.2, 0) is 25.6 Å². The summed E-state index contributed by atoms with van der Waals surface area (Å²) in [7, 11) is 3.20. The Bertz CT molecular complexity index is 442. The van der Waals surface area contributed by atoms with Crippen molar-refractivity contribution < 1.29 is 24.1 Å². The molecule has 5 nitrogen and oxygen atoms in total. The van der Waals surface area contributed by atoms with Crippen LogP contribution in [0.5, 0.6) is 0 Å². The normalized spacial score (nSPS) is 29.5. The van der Waals surface area contributed by atoms with E-state index in [9.17, 15) is 5.11 Å². The largest absolute Gasteiger partial charge is 0.388 e. The highest BCUT2D eigenvalue weighted by molar-refractivity contribution is 5.13. The molecule has 0 unspecified atom stereocenters. The first-order valence-electron chi connectivity index (χ1n) is 7.54. The Labute approximate surface area is 132 Å². The third-order valence-corrected chi connectivity index (χ3v) is 3.92. The van der Waals surface area contributed by atoms with Gasteiger partial charge in [-0.05, 0) is 19.4 Å². The molecule has 1 saturated heterocycles. The van der Waals surface area contributed by atoms with Crippen LogP contribution in [0, 0.1) is 0 Å². The minimum Gasteiger partial charge on any atom is -0.388 e. The summed E-state index contributed by atoms with van der Waals surface area (Å²) in [4.78, 5) is 0. The van der Waals surface area contributed by atoms with Crippen LogP contribution in [-0.4, -0.2) is 49.5 Å². The fourth-order valence-electron chi connectivity index (χ4n) is 2.76. The first-order chi connectivity index (χ1) is 10.5. The van der Waals surface area contributed by atoms with Crippen LogP contribution in [0.2, 0.25) is 0 Å². The monoisotopic (exact) mass is 310 g/mol. The summed E-state index contributed by atoms with van der Waals surface area (Å²) in [6, 6.07) is 9.95. The minimum absolute atomic E-state index is 0.242. The Morgan fingerprint density at radius 2 is 1.82 bits per heavy atom. The smallest absolute Gasteiger partial charge is 0.184 e. The Morgan fingerprint density at radius 1 is 1.14 bits per heavy atom. The van der Waals surface area contributed by atoms with Crippen molar-refractivity contribution in [2.45, 2.75) is 57.1 Å². The van der Waals surface area contributed by atoms with Crippen molar-refractivity contribution in [3.8, 4) is 0 Å². The van der Waals surface area contributed by atoms with E-state index in [4.69, 9.17) is 18.9 Å². The number of methoxy groups -OCH3 is 2. The molecule has 0 saturated carbocycles. The van der Waals surface area contributed by atoms with E-state index in [0.29, 0.717) is 13.0 Å². The van der Waals surface area contributed by atoms with Gasteiger partial charge in [-0.25, -0.2) is 0 Å². The van der Waals surface area contributed by atoms with Gasteiger partial charge in [0.05, 0.1) is 18.3 Å². The third kappa shape index (κ3) is 4.27. The van der Waals surface area contributed by atoms with E-state index in [2.05, 4.69) is 0 Å². The molecule has 1 N–H and O–H groups in total. The topological polar surface area (TPSA) is 57.2 Å². The molecule has 1 aliphatic heterocycles. The first kappa shape index (κ1) is 17.4. The van der Waals surface area contributed by atoms with Crippen LogP contribution < -0.4 is 0 Å². The van der Waals surface area contributed by atoms with Gasteiger partial charge in [0.25, 0.3) is 0 Å². The first-order valence-corrected chi connectivity index (χ1v) is 7.54. The second-order valence-corrected chi connectivity index (χ2v) is 6.16. The molecule has 1 heterocycles. The molecular formula is C17H26O5. The molecular weight excluding hydrogens is 284 g/mol. The van der Waals surface area contributed by atoms with Gasteiger partial charge >= 0.3 is 0 Å². The molecule has 2 rings (SSSR count). The zero-order valence-electron chi connectivity index (χ0n) is 13.7. The van der Waals surface area contributed by atoms with Crippen LogP contribution in [0.25, 0.3) is 0 Å². The van der Waals surface area contributed by atoms with Crippen molar-refractivity contribution in [3.05, 3.63) is 35.9 Å². The summed E-state index contributed by atoms with van der Waals surface area (Å²) < 4.78 is 22.7. The second-order valence-electron chi connectivity index (χ2n) is 6.16. The zero-order valence-corrected chi connectivity index (χ0v) is 13.7. The number of rotatable bonds is 6. The molecule has 0 aliphatic carbocycles. The molecule has 5 heteroatoms. The number of hydrogen-bond donors (Lipinski definition) is 1. The minimum atomic E-state index is -1.01. The lowest BCUT2D eigenvalue weighted by Crippen LogP contribution is -2.57. The van der Waals surface area contributed by atoms with Crippen molar-refractivity contribution in [1.82, 2.24) is 0 Å². The van der Waals surface area contributed by atoms with Gasteiger partial charge in [0, 0.05) is 20.6 Å². The Kier molecular flexibility index (Phi) is 5.94. The lowest BCUT2D eigenvalue weighted by Gasteiger charge is -2.44. The number of hydrogen-bond acceptors (Lipinski definition) is 5. The van der Waals surface area contributed by atoms with E-state index in [-0.39, 0.29) is 12.2 Å². The SMILES string of the molecule is CO[C@H]1O[C@H](C(C)(C)O)[C@@H](OC)C[C@H]1OCc1ccccc1. The van der Waals surface area contributed by atoms with E-state index in [1.165, 1.54) is 0 Å². The lowest BCUT2D eigenvalue weighted by molar-refractivity contribution is -0.298. The maximum atomic E-state index is 10.3. The molecule has 0 aromatic heterocycles. The molecule has 4 atom stereocenters. The predicted octanol–water partition coefficient (Wildman–Crippen LogP) is 2.12. The summed E-state index contributed by atoms with van der Waals surface area (Å²) in [6.07, 6.45) is -0.859. The fraction of sp³-hybridized carbons (Fsp3) is 0.647. The number of benzene rings is 1. The quantitative estimate of drug-likeness (QED) is 0.872. The highest BCUT2D eigenvalue weighted by Crippen LogP contribution is 2.31. The summed E-state index contributed by atoms with van der Waals surface area (Å²) in [5.74, 6) is 0. The summed E-state index contributed by atoms with van der Waals surface area (Å²) in [5.41, 5.74) is 0.0814. The highest BCUT2D eigenvalue weighted by atomic mass is 16.7. The van der Waals surface area contributed by atoms with E-state index >= 15 is 0 Å². The predicted molar refractivity (Wildman–Crippen MR) is 82.4 cm³/mol. The fourth-order valence-corrected chi connectivity index (χ4v) is 2.76. The van der Waals surface area contributed by atoms with Crippen LogP contribution in [0.4, 0.5) is 0 Å². The van der Waals surface area contributed by atoms with Gasteiger partial charge in [0.15, 0.2) is 6.29 Å². The van der Waals surface area contributed by atoms with E-state index in [1.807, 2.05) is 30.3 Å². The van der Waals surface area contributed by atoms with Gasteiger partial charge < -0.3 is 24.1 Å². The van der Waals surface area contributed by atoms with Crippen molar-refractivity contribution in [2.75, 3.05) is 14.2 Å². The standard InChI is InChI=1S/C17H26O5/c1-17(2,18)15-13(19-3)10-14(16(20-4)22-15)21-11-12-8-6-5-7-9-12/h5-9,13-16,18H,10-11H2,1-4H3/t13-,14+,15-,16-/m0/s1. The van der Waals surface area contributed by atoms with E-state index in [0.717, 1.165) is 5.56 Å². The average molecular weight is 310 g/mol. The average Bonchev–Trinajstić information content (AvgIpc) is 2.52. The molecule has 0 amide bonds. The van der Waals surface area contributed by atoms with Crippen molar-refractivity contribution in [1.29, 1.82) is 0 Å². The van der Waals surface area contributed by atoms with Gasteiger partial charge in [-0.1, -0.05) is 30.3 Å². The van der Waals surface area contributed by atoms with Gasteiger partial charge in [-0.2, -0.15) is 0 Å². The third-order valence-electron chi connectivity index (χ3n) is 3.92. The number of ether oxygens (including phenoxy) is 4. The molecule has 0 spiro atoms. The molecule has 1 fully saturated rings. The van der Waals surface area contributed by atoms with Gasteiger partial charge in [-0.3, -0.25) is 0 Å². The molecule has 1 aliphatic rings. The van der Waals surface area contributed by atoms with E-state index < -0.39 is 18.0 Å². The summed E-state index contributed by atoms with van der Waals surface area (Å²) >= 11 is 0. The van der Waals surface area contributed by atoms with Crippen molar-refractivity contribution in [2.24, 2.45) is 0 Å². The Hall–Kier alpha value is -0.980. The van der Waals surface area contributed by atoms with Crippen LogP contribution in [0.1, 0.15) is 25.8 Å². The van der Waals surface area contributed by atoms with E-state index in [1.54, 1.807) is 28.1 Å². The highest BCUT2D eigenvalue weighted by Gasteiger charge is 2.45. The van der Waals surface area contributed by atoms with Crippen LogP contribution >= 0.6 is 0 Å². The Balaban J connectivity index is 2.02. The molecule has 1 aromatic carbocycles. The maximum absolute atomic E-state index is 10.3. The summed E-state index contributed by atoms with van der Waals surface area (Å²) in [6.45, 7) is 3.90. The molecule has 0 bridgehead atoms.